The van der Waals surface area contributed by atoms with Gasteiger partial charge >= 0.3 is 5.97 Å². The molecular formula is C17H18N2O4S2. The summed E-state index contributed by atoms with van der Waals surface area (Å²) in [6.45, 7) is 2.24. The number of aliphatic carboxylic acids is 1. The number of hydrogen-bond donors (Lipinski definition) is 2. The first kappa shape index (κ1) is 19.1. The van der Waals surface area contributed by atoms with Crippen LogP contribution in [0, 0.1) is 6.92 Å². The monoisotopic (exact) mass is 378 g/mol. The summed E-state index contributed by atoms with van der Waals surface area (Å²) in [5.74, 6) is -1.50. The number of thiocarbonyl (C=S) groups is 1. The zero-order valence-corrected chi connectivity index (χ0v) is 15.3. The van der Waals surface area contributed by atoms with Crippen LogP contribution in [-0.2, 0) is 14.4 Å². The van der Waals surface area contributed by atoms with Gasteiger partial charge in [0.15, 0.2) is 0 Å². The highest BCUT2D eigenvalue weighted by Gasteiger charge is 2.31. The lowest BCUT2D eigenvalue weighted by Gasteiger charge is -2.13. The zero-order chi connectivity index (χ0) is 18.4. The van der Waals surface area contributed by atoms with Crippen LogP contribution in [0.25, 0.3) is 6.08 Å². The lowest BCUT2D eigenvalue weighted by atomic mass is 10.1. The number of thioether (sulfide) groups is 1. The van der Waals surface area contributed by atoms with Crippen molar-refractivity contribution in [3.05, 3.63) is 40.3 Å². The van der Waals surface area contributed by atoms with Gasteiger partial charge in [0.1, 0.15) is 4.32 Å². The molecule has 1 fully saturated rings. The van der Waals surface area contributed by atoms with E-state index in [2.05, 4.69) is 5.32 Å². The van der Waals surface area contributed by atoms with Crippen molar-refractivity contribution in [2.24, 2.45) is 0 Å². The summed E-state index contributed by atoms with van der Waals surface area (Å²) in [7, 11) is 0. The summed E-state index contributed by atoms with van der Waals surface area (Å²) < 4.78 is 0.418. The molecule has 1 aromatic rings. The van der Waals surface area contributed by atoms with Crippen molar-refractivity contribution >= 4 is 52.2 Å². The number of hydrogen-bond acceptors (Lipinski definition) is 5. The molecule has 1 heterocycles. The molecule has 1 saturated heterocycles. The Morgan fingerprint density at radius 3 is 2.60 bits per heavy atom. The summed E-state index contributed by atoms with van der Waals surface area (Å²) in [4.78, 5) is 36.5. The Bertz CT molecular complexity index is 729. The van der Waals surface area contributed by atoms with Crippen molar-refractivity contribution in [2.45, 2.75) is 19.8 Å². The number of carboxylic acids is 1. The van der Waals surface area contributed by atoms with E-state index in [1.165, 1.54) is 16.7 Å². The zero-order valence-electron chi connectivity index (χ0n) is 13.7. The maximum Gasteiger partial charge on any atom is 0.305 e. The molecule has 2 amide bonds. The van der Waals surface area contributed by atoms with Crippen LogP contribution in [0.15, 0.2) is 29.2 Å². The fraction of sp³-hybridized carbons (Fsp3) is 0.294. The molecule has 0 bridgehead atoms. The second-order valence-electron chi connectivity index (χ2n) is 5.49. The van der Waals surface area contributed by atoms with E-state index >= 15 is 0 Å². The Labute approximate surface area is 155 Å². The van der Waals surface area contributed by atoms with Crippen molar-refractivity contribution in [1.29, 1.82) is 0 Å². The van der Waals surface area contributed by atoms with Gasteiger partial charge in [0.05, 0.1) is 11.3 Å². The number of nitrogens with one attached hydrogen (secondary N) is 1. The van der Waals surface area contributed by atoms with Crippen LogP contribution in [0.3, 0.4) is 0 Å². The highest BCUT2D eigenvalue weighted by Crippen LogP contribution is 2.32. The lowest BCUT2D eigenvalue weighted by Crippen LogP contribution is -2.34. The van der Waals surface area contributed by atoms with Gasteiger partial charge in [-0.25, -0.2) is 0 Å². The average Bonchev–Trinajstić information content (AvgIpc) is 2.81. The maximum absolute atomic E-state index is 12.4. The van der Waals surface area contributed by atoms with Crippen LogP contribution in [0.2, 0.25) is 0 Å². The first-order valence-corrected chi connectivity index (χ1v) is 8.90. The van der Waals surface area contributed by atoms with Crippen molar-refractivity contribution in [1.82, 2.24) is 10.2 Å². The van der Waals surface area contributed by atoms with Crippen molar-refractivity contribution in [2.75, 3.05) is 13.1 Å². The lowest BCUT2D eigenvalue weighted by molar-refractivity contribution is -0.136. The van der Waals surface area contributed by atoms with E-state index in [0.29, 0.717) is 9.23 Å². The number of rotatable bonds is 7. The van der Waals surface area contributed by atoms with Gasteiger partial charge in [0.2, 0.25) is 5.91 Å². The molecule has 1 aliphatic heterocycles. The molecule has 0 radical (unpaired) electrons. The number of carbonyl (C=O) groups is 3. The van der Waals surface area contributed by atoms with Crippen molar-refractivity contribution in [3.8, 4) is 0 Å². The Kier molecular flexibility index (Phi) is 6.72. The van der Waals surface area contributed by atoms with Crippen molar-refractivity contribution in [3.63, 3.8) is 0 Å². The highest BCUT2D eigenvalue weighted by molar-refractivity contribution is 8.26. The molecule has 6 nitrogen and oxygen atoms in total. The molecule has 2 rings (SSSR count). The van der Waals surface area contributed by atoms with Crippen LogP contribution >= 0.6 is 24.0 Å². The Balaban J connectivity index is 1.91. The molecule has 0 unspecified atom stereocenters. The van der Waals surface area contributed by atoms with E-state index in [1.54, 1.807) is 6.08 Å². The fourth-order valence-electron chi connectivity index (χ4n) is 2.12. The van der Waals surface area contributed by atoms with E-state index < -0.39 is 5.97 Å². The summed E-state index contributed by atoms with van der Waals surface area (Å²) in [5.41, 5.74) is 2.05. The topological polar surface area (TPSA) is 86.7 Å². The molecule has 0 saturated carbocycles. The Morgan fingerprint density at radius 2 is 1.96 bits per heavy atom. The van der Waals surface area contributed by atoms with Crippen LogP contribution in [0.1, 0.15) is 24.0 Å². The van der Waals surface area contributed by atoms with Crippen LogP contribution in [0.4, 0.5) is 0 Å². The van der Waals surface area contributed by atoms with Gasteiger partial charge in [-0.05, 0) is 18.6 Å². The number of benzene rings is 1. The molecule has 8 heteroatoms. The molecule has 132 valence electrons. The predicted octanol–water partition coefficient (Wildman–Crippen LogP) is 2.18. The number of nitrogens with zero attached hydrogens (tertiary/aromatic N) is 1. The number of amides is 2. The minimum absolute atomic E-state index is 0.0693. The van der Waals surface area contributed by atoms with E-state index in [0.717, 1.165) is 11.1 Å². The normalized spacial score (nSPS) is 15.7. The second-order valence-corrected chi connectivity index (χ2v) is 7.16. The second kappa shape index (κ2) is 8.77. The van der Waals surface area contributed by atoms with E-state index in [9.17, 15) is 14.4 Å². The number of aryl methyl sites for hydroxylation is 1. The minimum Gasteiger partial charge on any atom is -0.481 e. The summed E-state index contributed by atoms with van der Waals surface area (Å²) in [6, 6.07) is 7.79. The number of carboxylic acid groups (broad SMARTS) is 1. The smallest absolute Gasteiger partial charge is 0.305 e. The molecule has 25 heavy (non-hydrogen) atoms. The summed E-state index contributed by atoms with van der Waals surface area (Å²) >= 11 is 6.44. The first-order valence-electron chi connectivity index (χ1n) is 7.67. The minimum atomic E-state index is -0.974. The van der Waals surface area contributed by atoms with E-state index in [1.807, 2.05) is 31.2 Å². The Morgan fingerprint density at radius 1 is 1.28 bits per heavy atom. The third-order valence-electron chi connectivity index (χ3n) is 3.47. The van der Waals surface area contributed by atoms with Gasteiger partial charge in [-0.3, -0.25) is 19.3 Å². The molecule has 1 aromatic carbocycles. The molecule has 0 aliphatic carbocycles. The molecule has 0 atom stereocenters. The third kappa shape index (κ3) is 5.68. The van der Waals surface area contributed by atoms with E-state index in [-0.39, 0.29) is 37.7 Å². The standard InChI is InChI=1S/C17H18N2O4S2/c1-11-2-4-12(5-3-11)10-13-16(23)19(17(24)25-13)9-7-14(20)18-8-6-15(21)22/h2-5,10H,6-9H2,1H3,(H,18,20)(H,21,22)/b13-10+. The van der Waals surface area contributed by atoms with Gasteiger partial charge in [-0.2, -0.15) is 0 Å². The quantitative estimate of drug-likeness (QED) is 0.559. The van der Waals surface area contributed by atoms with Crippen LogP contribution in [0.5, 0.6) is 0 Å². The van der Waals surface area contributed by atoms with Gasteiger partial charge in [-0.1, -0.05) is 53.8 Å². The molecular weight excluding hydrogens is 360 g/mol. The fourth-order valence-corrected chi connectivity index (χ4v) is 3.43. The van der Waals surface area contributed by atoms with Gasteiger partial charge in [0, 0.05) is 19.5 Å². The summed E-state index contributed by atoms with van der Waals surface area (Å²) in [6.07, 6.45) is 1.72. The van der Waals surface area contributed by atoms with Crippen LogP contribution < -0.4 is 5.32 Å². The highest BCUT2D eigenvalue weighted by atomic mass is 32.2. The molecule has 0 aromatic heterocycles. The van der Waals surface area contributed by atoms with Crippen molar-refractivity contribution < 1.29 is 19.5 Å². The molecule has 0 spiro atoms. The third-order valence-corrected chi connectivity index (χ3v) is 4.85. The number of carbonyl (C=O) groups excluding carboxylic acids is 2. The Hall–Kier alpha value is -2.19. The van der Waals surface area contributed by atoms with Gasteiger partial charge in [0.25, 0.3) is 5.91 Å². The SMILES string of the molecule is Cc1ccc(/C=C2/SC(=S)N(CCC(=O)NCCC(=O)O)C2=O)cc1. The van der Waals surface area contributed by atoms with E-state index in [4.69, 9.17) is 17.3 Å². The first-order chi connectivity index (χ1) is 11.9. The predicted molar refractivity (Wildman–Crippen MR) is 101 cm³/mol. The van der Waals surface area contributed by atoms with Gasteiger partial charge in [-0.15, -0.1) is 0 Å². The van der Waals surface area contributed by atoms with Crippen LogP contribution in [-0.4, -0.2) is 45.2 Å². The summed E-state index contributed by atoms with van der Waals surface area (Å²) in [5, 5.41) is 11.0. The average molecular weight is 378 g/mol. The largest absolute Gasteiger partial charge is 0.481 e. The van der Waals surface area contributed by atoms with Gasteiger partial charge < -0.3 is 10.4 Å². The molecule has 1 aliphatic rings. The maximum atomic E-state index is 12.4. The molecule has 2 N–H and O–H groups in total.